The van der Waals surface area contributed by atoms with E-state index in [1.807, 2.05) is 83.1 Å². The Hall–Kier alpha value is -3.36. The summed E-state index contributed by atoms with van der Waals surface area (Å²) in [6, 6.07) is 22.8. The number of sulfonamides is 1. The van der Waals surface area contributed by atoms with E-state index in [-0.39, 0.29) is 24.8 Å². The van der Waals surface area contributed by atoms with Crippen molar-refractivity contribution in [2.24, 2.45) is 0 Å². The number of carbonyl (C=O) groups excluding carboxylic acids is 2. The molecule has 0 aromatic heterocycles. The van der Waals surface area contributed by atoms with Crippen LogP contribution in [0.1, 0.15) is 57.2 Å². The summed E-state index contributed by atoms with van der Waals surface area (Å²) < 4.78 is 27.4. The van der Waals surface area contributed by atoms with Crippen molar-refractivity contribution in [2.75, 3.05) is 17.1 Å². The molecule has 3 aromatic rings. The molecule has 0 heterocycles. The number of rotatable bonds is 11. The molecule has 2 amide bonds. The van der Waals surface area contributed by atoms with Gasteiger partial charge in [-0.15, -0.1) is 0 Å². The molecule has 0 aliphatic carbocycles. The molecule has 0 spiro atoms. The van der Waals surface area contributed by atoms with Crippen LogP contribution in [0.25, 0.3) is 0 Å². The molecule has 7 nitrogen and oxygen atoms in total. The minimum Gasteiger partial charge on any atom is -0.350 e. The Balaban J connectivity index is 2.11. The number of benzene rings is 3. The summed E-state index contributed by atoms with van der Waals surface area (Å²) in [5.74, 6) is -0.805. The first-order valence-corrected chi connectivity index (χ1v) is 15.8. The molecule has 0 saturated heterocycles. The van der Waals surface area contributed by atoms with E-state index in [0.29, 0.717) is 10.7 Å². The third-order valence-corrected chi connectivity index (χ3v) is 7.88. The summed E-state index contributed by atoms with van der Waals surface area (Å²) in [4.78, 5) is 29.5. The smallest absolute Gasteiger partial charge is 0.244 e. The number of para-hydroxylation sites is 1. The maximum atomic E-state index is 14.3. The van der Waals surface area contributed by atoms with E-state index >= 15 is 0 Å². The Morgan fingerprint density at radius 3 is 2.10 bits per heavy atom. The Morgan fingerprint density at radius 1 is 0.902 bits per heavy atom. The molecular weight excluding hydrogens is 558 g/mol. The first-order chi connectivity index (χ1) is 19.2. The Labute approximate surface area is 249 Å². The fourth-order valence-corrected chi connectivity index (χ4v) is 5.72. The average molecular weight is 598 g/mol. The van der Waals surface area contributed by atoms with Gasteiger partial charge in [-0.2, -0.15) is 0 Å². The van der Waals surface area contributed by atoms with Crippen molar-refractivity contribution in [3.63, 3.8) is 0 Å². The standard InChI is InChI=1S/C32H40ClN3O4S/c1-23(2)27-17-10-11-18-28(27)36(41(6,39)40)22-30(37)35(21-25-15-12-16-26(33)19-25)29(31(38)34-32(3,4)5)20-24-13-8-7-9-14-24/h7-19,23,29H,20-22H2,1-6H3,(H,34,38)/t29-/m1/s1. The number of halogens is 1. The highest BCUT2D eigenvalue weighted by molar-refractivity contribution is 7.92. The van der Waals surface area contributed by atoms with Crippen molar-refractivity contribution in [3.05, 3.63) is 101 Å². The molecule has 1 atom stereocenters. The van der Waals surface area contributed by atoms with E-state index in [4.69, 9.17) is 11.6 Å². The van der Waals surface area contributed by atoms with E-state index in [9.17, 15) is 18.0 Å². The van der Waals surface area contributed by atoms with E-state index < -0.39 is 34.1 Å². The van der Waals surface area contributed by atoms with Crippen LogP contribution in [0.15, 0.2) is 78.9 Å². The predicted octanol–water partition coefficient (Wildman–Crippen LogP) is 5.78. The number of nitrogens with one attached hydrogen (secondary N) is 1. The largest absolute Gasteiger partial charge is 0.350 e. The maximum Gasteiger partial charge on any atom is 0.244 e. The molecule has 3 aromatic carbocycles. The van der Waals surface area contributed by atoms with Crippen molar-refractivity contribution >= 4 is 39.1 Å². The summed E-state index contributed by atoms with van der Waals surface area (Å²) in [5.41, 5.74) is 2.29. The van der Waals surface area contributed by atoms with Gasteiger partial charge in [-0.25, -0.2) is 8.42 Å². The van der Waals surface area contributed by atoms with Gasteiger partial charge in [-0.3, -0.25) is 13.9 Å². The molecule has 3 rings (SSSR count). The number of hydrogen-bond donors (Lipinski definition) is 1. The lowest BCUT2D eigenvalue weighted by atomic mass is 10.00. The highest BCUT2D eigenvalue weighted by atomic mass is 35.5. The summed E-state index contributed by atoms with van der Waals surface area (Å²) >= 11 is 6.27. The van der Waals surface area contributed by atoms with Crippen LogP contribution in [0.5, 0.6) is 0 Å². The number of nitrogens with zero attached hydrogens (tertiary/aromatic N) is 2. The molecule has 0 radical (unpaired) electrons. The fraction of sp³-hybridized carbons (Fsp3) is 0.375. The lowest BCUT2D eigenvalue weighted by Gasteiger charge is -2.35. The SMILES string of the molecule is CC(C)c1ccccc1N(CC(=O)N(Cc1cccc(Cl)c1)[C@H](Cc1ccccc1)C(=O)NC(C)(C)C)S(C)(=O)=O. The minimum absolute atomic E-state index is 0.0245. The zero-order valence-electron chi connectivity index (χ0n) is 24.6. The molecule has 41 heavy (non-hydrogen) atoms. The molecular formula is C32H40ClN3O4S. The average Bonchev–Trinajstić information content (AvgIpc) is 2.88. The van der Waals surface area contributed by atoms with E-state index in [1.165, 1.54) is 4.90 Å². The van der Waals surface area contributed by atoms with Crippen LogP contribution >= 0.6 is 11.6 Å². The summed E-state index contributed by atoms with van der Waals surface area (Å²) in [6.07, 6.45) is 1.34. The summed E-state index contributed by atoms with van der Waals surface area (Å²) in [5, 5.41) is 3.52. The van der Waals surface area contributed by atoms with Crippen LogP contribution < -0.4 is 9.62 Å². The van der Waals surface area contributed by atoms with Gasteiger partial charge in [0, 0.05) is 23.5 Å². The Morgan fingerprint density at radius 2 is 1.51 bits per heavy atom. The fourth-order valence-electron chi connectivity index (χ4n) is 4.64. The first kappa shape index (κ1) is 32.2. The van der Waals surface area contributed by atoms with Gasteiger partial charge in [-0.05, 0) is 61.6 Å². The van der Waals surface area contributed by atoms with Crippen LogP contribution in [0.2, 0.25) is 5.02 Å². The molecule has 220 valence electrons. The van der Waals surface area contributed by atoms with Gasteiger partial charge in [0.25, 0.3) is 0 Å². The first-order valence-electron chi connectivity index (χ1n) is 13.6. The lowest BCUT2D eigenvalue weighted by Crippen LogP contribution is -2.56. The second-order valence-corrected chi connectivity index (χ2v) is 13.9. The quantitative estimate of drug-likeness (QED) is 0.303. The van der Waals surface area contributed by atoms with Crippen LogP contribution in [0.3, 0.4) is 0 Å². The van der Waals surface area contributed by atoms with Crippen molar-refractivity contribution in [1.29, 1.82) is 0 Å². The normalized spacial score (nSPS) is 12.6. The van der Waals surface area contributed by atoms with E-state index in [2.05, 4.69) is 5.32 Å². The van der Waals surface area contributed by atoms with Gasteiger partial charge in [-0.1, -0.05) is 86.1 Å². The highest BCUT2D eigenvalue weighted by Gasteiger charge is 2.34. The summed E-state index contributed by atoms with van der Waals surface area (Å²) in [7, 11) is -3.85. The number of amides is 2. The van der Waals surface area contributed by atoms with Gasteiger partial charge in [0.1, 0.15) is 12.6 Å². The van der Waals surface area contributed by atoms with Crippen LogP contribution in [-0.2, 0) is 32.6 Å². The van der Waals surface area contributed by atoms with Crippen molar-refractivity contribution in [1.82, 2.24) is 10.2 Å². The molecule has 0 aliphatic heterocycles. The molecule has 9 heteroatoms. The lowest BCUT2D eigenvalue weighted by molar-refractivity contribution is -0.140. The molecule has 0 saturated carbocycles. The van der Waals surface area contributed by atoms with Crippen molar-refractivity contribution in [2.45, 2.75) is 65.1 Å². The molecule has 0 fully saturated rings. The minimum atomic E-state index is -3.85. The zero-order valence-corrected chi connectivity index (χ0v) is 26.2. The van der Waals surface area contributed by atoms with Crippen molar-refractivity contribution < 1.29 is 18.0 Å². The highest BCUT2D eigenvalue weighted by Crippen LogP contribution is 2.29. The van der Waals surface area contributed by atoms with Gasteiger partial charge < -0.3 is 10.2 Å². The second kappa shape index (κ2) is 13.5. The second-order valence-electron chi connectivity index (χ2n) is 11.6. The number of carbonyl (C=O) groups is 2. The van der Waals surface area contributed by atoms with Gasteiger partial charge >= 0.3 is 0 Å². The van der Waals surface area contributed by atoms with E-state index in [1.54, 1.807) is 30.3 Å². The van der Waals surface area contributed by atoms with E-state index in [0.717, 1.165) is 27.3 Å². The predicted molar refractivity (Wildman–Crippen MR) is 167 cm³/mol. The summed E-state index contributed by atoms with van der Waals surface area (Å²) in [6.45, 7) is 9.18. The van der Waals surface area contributed by atoms with Crippen LogP contribution in [-0.4, -0.2) is 49.5 Å². The number of hydrogen-bond acceptors (Lipinski definition) is 4. The monoisotopic (exact) mass is 597 g/mol. The maximum absolute atomic E-state index is 14.3. The van der Waals surface area contributed by atoms with Gasteiger partial charge in [0.2, 0.25) is 21.8 Å². The topological polar surface area (TPSA) is 86.8 Å². The zero-order chi connectivity index (χ0) is 30.4. The third-order valence-electron chi connectivity index (χ3n) is 6.52. The molecule has 0 bridgehead atoms. The molecule has 0 aliphatic rings. The number of anilines is 1. The van der Waals surface area contributed by atoms with Crippen LogP contribution in [0.4, 0.5) is 5.69 Å². The molecule has 1 N–H and O–H groups in total. The van der Waals surface area contributed by atoms with Gasteiger partial charge in [0.15, 0.2) is 0 Å². The van der Waals surface area contributed by atoms with Gasteiger partial charge in [0.05, 0.1) is 11.9 Å². The Kier molecular flexibility index (Phi) is 10.6. The third kappa shape index (κ3) is 9.33. The van der Waals surface area contributed by atoms with Crippen LogP contribution in [0, 0.1) is 0 Å². The van der Waals surface area contributed by atoms with Crippen molar-refractivity contribution in [3.8, 4) is 0 Å². The molecule has 0 unspecified atom stereocenters. The Bertz CT molecular complexity index is 1450.